The molecule has 0 aliphatic heterocycles. The number of methoxy groups -OCH3 is 1. The van der Waals surface area contributed by atoms with Crippen LogP contribution in [0.3, 0.4) is 0 Å². The maximum Gasteiger partial charge on any atom is 0.191 e. The monoisotopic (exact) mass is 449 g/mol. The van der Waals surface area contributed by atoms with Crippen molar-refractivity contribution in [1.29, 1.82) is 0 Å². The SMILES string of the molecule is CCNC(=NCCCOC)NCCOc1ccccc1C(C)C.I. The molecule has 0 unspecified atom stereocenters. The second-order valence-electron chi connectivity index (χ2n) is 5.57. The third kappa shape index (κ3) is 9.32. The first kappa shape index (κ1) is 23.0. The van der Waals surface area contributed by atoms with Crippen molar-refractivity contribution in [2.24, 2.45) is 4.99 Å². The number of nitrogens with zero attached hydrogens (tertiary/aromatic N) is 1. The largest absolute Gasteiger partial charge is 0.491 e. The minimum absolute atomic E-state index is 0. The molecule has 24 heavy (non-hydrogen) atoms. The number of nitrogens with one attached hydrogen (secondary N) is 2. The number of para-hydroxylation sites is 1. The fraction of sp³-hybridized carbons (Fsp3) is 0.611. The third-order valence-electron chi connectivity index (χ3n) is 3.31. The molecule has 0 amide bonds. The van der Waals surface area contributed by atoms with Crippen LogP contribution in [-0.4, -0.2) is 45.9 Å². The summed E-state index contributed by atoms with van der Waals surface area (Å²) in [5.74, 6) is 2.24. The summed E-state index contributed by atoms with van der Waals surface area (Å²) in [4.78, 5) is 4.50. The van der Waals surface area contributed by atoms with Crippen LogP contribution < -0.4 is 15.4 Å². The molecular weight excluding hydrogens is 417 g/mol. The van der Waals surface area contributed by atoms with Crippen molar-refractivity contribution >= 4 is 29.9 Å². The van der Waals surface area contributed by atoms with Crippen molar-refractivity contribution in [2.45, 2.75) is 33.1 Å². The van der Waals surface area contributed by atoms with Gasteiger partial charge >= 0.3 is 0 Å². The lowest BCUT2D eigenvalue weighted by atomic mass is 10.0. The first-order chi connectivity index (χ1) is 11.2. The fourth-order valence-corrected chi connectivity index (χ4v) is 2.16. The number of rotatable bonds is 10. The molecule has 1 rings (SSSR count). The van der Waals surface area contributed by atoms with Crippen LogP contribution in [0.4, 0.5) is 0 Å². The third-order valence-corrected chi connectivity index (χ3v) is 3.31. The van der Waals surface area contributed by atoms with Gasteiger partial charge in [-0.15, -0.1) is 24.0 Å². The summed E-state index contributed by atoms with van der Waals surface area (Å²) in [6.45, 7) is 10.1. The number of benzene rings is 1. The Labute approximate surface area is 163 Å². The van der Waals surface area contributed by atoms with Crippen LogP contribution in [0.1, 0.15) is 38.7 Å². The van der Waals surface area contributed by atoms with E-state index in [2.05, 4.69) is 48.5 Å². The van der Waals surface area contributed by atoms with E-state index in [0.29, 0.717) is 19.1 Å². The number of aliphatic imine (C=N–C) groups is 1. The lowest BCUT2D eigenvalue weighted by Gasteiger charge is -2.15. The van der Waals surface area contributed by atoms with E-state index in [0.717, 1.165) is 37.8 Å². The Morgan fingerprint density at radius 2 is 1.92 bits per heavy atom. The Hall–Kier alpha value is -1.02. The van der Waals surface area contributed by atoms with E-state index in [1.54, 1.807) is 7.11 Å². The van der Waals surface area contributed by atoms with Crippen LogP contribution in [0.2, 0.25) is 0 Å². The Morgan fingerprint density at radius 1 is 1.17 bits per heavy atom. The molecule has 0 fully saturated rings. The highest BCUT2D eigenvalue weighted by molar-refractivity contribution is 14.0. The summed E-state index contributed by atoms with van der Waals surface area (Å²) in [6.07, 6.45) is 0.922. The van der Waals surface area contributed by atoms with Gasteiger partial charge in [0.1, 0.15) is 12.4 Å². The number of halogens is 1. The molecule has 138 valence electrons. The van der Waals surface area contributed by atoms with E-state index in [9.17, 15) is 0 Å². The molecule has 0 heterocycles. The molecule has 2 N–H and O–H groups in total. The van der Waals surface area contributed by atoms with E-state index in [-0.39, 0.29) is 24.0 Å². The zero-order valence-corrected chi connectivity index (χ0v) is 17.6. The van der Waals surface area contributed by atoms with Gasteiger partial charge in [0, 0.05) is 26.8 Å². The highest BCUT2D eigenvalue weighted by Gasteiger charge is 2.06. The molecule has 1 aromatic rings. The van der Waals surface area contributed by atoms with E-state index >= 15 is 0 Å². The van der Waals surface area contributed by atoms with Gasteiger partial charge in [-0.3, -0.25) is 4.99 Å². The zero-order chi connectivity index (χ0) is 16.9. The summed E-state index contributed by atoms with van der Waals surface area (Å²) >= 11 is 0. The van der Waals surface area contributed by atoms with Gasteiger partial charge in [-0.1, -0.05) is 32.0 Å². The predicted molar refractivity (Wildman–Crippen MR) is 112 cm³/mol. The Balaban J connectivity index is 0.00000529. The Morgan fingerprint density at radius 3 is 2.58 bits per heavy atom. The standard InChI is InChI=1S/C18H31N3O2.HI/c1-5-19-18(20-11-8-13-22-4)21-12-14-23-17-10-7-6-9-16(17)15(2)3;/h6-7,9-10,15H,5,8,11-14H2,1-4H3,(H2,19,20,21);1H. The van der Waals surface area contributed by atoms with Crippen LogP contribution in [0.15, 0.2) is 29.3 Å². The summed E-state index contributed by atoms with van der Waals surface area (Å²) in [7, 11) is 1.71. The Kier molecular flexibility index (Phi) is 13.7. The van der Waals surface area contributed by atoms with Crippen LogP contribution in [0.5, 0.6) is 5.75 Å². The highest BCUT2D eigenvalue weighted by atomic mass is 127. The molecule has 0 saturated carbocycles. The smallest absolute Gasteiger partial charge is 0.191 e. The molecule has 0 saturated heterocycles. The molecule has 0 spiro atoms. The minimum Gasteiger partial charge on any atom is -0.491 e. The average Bonchev–Trinajstić information content (AvgIpc) is 2.55. The number of hydrogen-bond acceptors (Lipinski definition) is 3. The van der Waals surface area contributed by atoms with Crippen LogP contribution >= 0.6 is 24.0 Å². The first-order valence-electron chi connectivity index (χ1n) is 8.41. The molecule has 6 heteroatoms. The van der Waals surface area contributed by atoms with Crippen molar-refractivity contribution in [1.82, 2.24) is 10.6 Å². The number of guanidine groups is 1. The summed E-state index contributed by atoms with van der Waals surface area (Å²) in [6, 6.07) is 8.21. The van der Waals surface area contributed by atoms with E-state index in [1.165, 1.54) is 5.56 Å². The van der Waals surface area contributed by atoms with Crippen molar-refractivity contribution in [3.63, 3.8) is 0 Å². The van der Waals surface area contributed by atoms with Crippen LogP contribution in [0, 0.1) is 0 Å². The molecule has 0 aliphatic rings. The molecule has 0 aliphatic carbocycles. The molecule has 0 bridgehead atoms. The quantitative estimate of drug-likeness (QED) is 0.249. The van der Waals surface area contributed by atoms with Crippen molar-refractivity contribution < 1.29 is 9.47 Å². The van der Waals surface area contributed by atoms with Gasteiger partial charge in [-0.25, -0.2) is 0 Å². The average molecular weight is 449 g/mol. The minimum atomic E-state index is 0. The predicted octanol–water partition coefficient (Wildman–Crippen LogP) is 3.40. The van der Waals surface area contributed by atoms with E-state index in [4.69, 9.17) is 9.47 Å². The van der Waals surface area contributed by atoms with Crippen molar-refractivity contribution in [3.05, 3.63) is 29.8 Å². The normalized spacial score (nSPS) is 11.1. The molecule has 0 aromatic heterocycles. The highest BCUT2D eigenvalue weighted by Crippen LogP contribution is 2.25. The van der Waals surface area contributed by atoms with Crippen molar-refractivity contribution in [3.8, 4) is 5.75 Å². The molecule has 5 nitrogen and oxygen atoms in total. The van der Waals surface area contributed by atoms with Gasteiger partial charge in [0.15, 0.2) is 5.96 Å². The van der Waals surface area contributed by atoms with Gasteiger partial charge in [-0.2, -0.15) is 0 Å². The second kappa shape index (κ2) is 14.3. The molecule has 0 radical (unpaired) electrons. The van der Waals surface area contributed by atoms with E-state index < -0.39 is 0 Å². The number of hydrogen-bond donors (Lipinski definition) is 2. The zero-order valence-electron chi connectivity index (χ0n) is 15.3. The summed E-state index contributed by atoms with van der Waals surface area (Å²) < 4.78 is 10.9. The lowest BCUT2D eigenvalue weighted by Crippen LogP contribution is -2.39. The number of ether oxygens (including phenoxy) is 2. The molecule has 1 aromatic carbocycles. The van der Waals surface area contributed by atoms with Gasteiger partial charge in [0.05, 0.1) is 6.54 Å². The lowest BCUT2D eigenvalue weighted by molar-refractivity contribution is 0.197. The topological polar surface area (TPSA) is 54.9 Å². The van der Waals surface area contributed by atoms with Crippen LogP contribution in [0.25, 0.3) is 0 Å². The molecular formula is C18H32IN3O2. The van der Waals surface area contributed by atoms with Gasteiger partial charge in [0.25, 0.3) is 0 Å². The Bertz CT molecular complexity index is 467. The second-order valence-corrected chi connectivity index (χ2v) is 5.57. The first-order valence-corrected chi connectivity index (χ1v) is 8.41. The molecule has 0 atom stereocenters. The van der Waals surface area contributed by atoms with Gasteiger partial charge < -0.3 is 20.1 Å². The van der Waals surface area contributed by atoms with Crippen molar-refractivity contribution in [2.75, 3.05) is 40.0 Å². The van der Waals surface area contributed by atoms with E-state index in [1.807, 2.05) is 12.1 Å². The summed E-state index contributed by atoms with van der Waals surface area (Å²) in [5, 5.41) is 6.52. The maximum atomic E-state index is 5.90. The van der Waals surface area contributed by atoms with Gasteiger partial charge in [0.2, 0.25) is 0 Å². The van der Waals surface area contributed by atoms with Gasteiger partial charge in [-0.05, 0) is 30.9 Å². The maximum absolute atomic E-state index is 5.90. The fourth-order valence-electron chi connectivity index (χ4n) is 2.16. The van der Waals surface area contributed by atoms with Crippen LogP contribution in [-0.2, 0) is 4.74 Å². The summed E-state index contributed by atoms with van der Waals surface area (Å²) in [5.41, 5.74) is 1.24.